The summed E-state index contributed by atoms with van der Waals surface area (Å²) in [6.45, 7) is 21.5. The molecule has 0 heterocycles. The number of hydrogen-bond donors (Lipinski definition) is 0. The molecular formula is C16H40O4Si3. The molecule has 0 saturated carbocycles. The molecule has 0 amide bonds. The summed E-state index contributed by atoms with van der Waals surface area (Å²) >= 11 is 0. The van der Waals surface area contributed by atoms with Gasteiger partial charge in [-0.2, -0.15) is 0 Å². The minimum Gasteiger partial charge on any atom is -0.458 e. The Morgan fingerprint density at radius 2 is 1.13 bits per heavy atom. The van der Waals surface area contributed by atoms with E-state index in [1.54, 1.807) is 0 Å². The quantitative estimate of drug-likeness (QED) is 0.456. The molecule has 0 aromatic heterocycles. The van der Waals surface area contributed by atoms with Crippen molar-refractivity contribution < 1.29 is 17.4 Å². The first kappa shape index (κ1) is 23.5. The van der Waals surface area contributed by atoms with E-state index in [-0.39, 0.29) is 18.3 Å². The van der Waals surface area contributed by atoms with Crippen molar-refractivity contribution in [3.8, 4) is 0 Å². The maximum Gasteiger partial charge on any atom is 0.501 e. The van der Waals surface area contributed by atoms with Crippen LogP contribution < -0.4 is 0 Å². The zero-order chi connectivity index (χ0) is 18.3. The molecule has 0 radical (unpaired) electrons. The van der Waals surface area contributed by atoms with Gasteiger partial charge >= 0.3 is 8.80 Å². The van der Waals surface area contributed by atoms with Crippen molar-refractivity contribution in [2.24, 2.45) is 0 Å². The Labute approximate surface area is 148 Å². The predicted octanol–water partition coefficient (Wildman–Crippen LogP) is 4.80. The van der Waals surface area contributed by atoms with Gasteiger partial charge in [0.2, 0.25) is 0 Å². The summed E-state index contributed by atoms with van der Waals surface area (Å²) in [5.41, 5.74) is 0. The fraction of sp³-hybridized carbons (Fsp3) is 1.00. The Morgan fingerprint density at radius 3 is 1.43 bits per heavy atom. The Morgan fingerprint density at radius 1 is 0.739 bits per heavy atom. The maximum absolute atomic E-state index is 6.27. The molecule has 0 unspecified atom stereocenters. The molecule has 0 bridgehead atoms. The second kappa shape index (κ2) is 10.5. The average Bonchev–Trinajstić information content (AvgIpc) is 2.22. The first-order valence-corrected chi connectivity index (χ1v) is 16.9. The van der Waals surface area contributed by atoms with Crippen LogP contribution in [0.4, 0.5) is 0 Å². The van der Waals surface area contributed by atoms with E-state index in [1.165, 1.54) is 0 Å². The highest BCUT2D eigenvalue weighted by atomic mass is 28.4. The SMILES string of the molecule is CC(C)O[Si](CCC[Si](C)(C)O[SiH](C)C)(OC(C)C)OC(C)C. The van der Waals surface area contributed by atoms with Crippen molar-refractivity contribution in [1.82, 2.24) is 0 Å². The summed E-state index contributed by atoms with van der Waals surface area (Å²) < 4.78 is 25.0. The summed E-state index contributed by atoms with van der Waals surface area (Å²) in [5.74, 6) is 0. The second-order valence-corrected chi connectivity index (χ2v) is 17.6. The van der Waals surface area contributed by atoms with Gasteiger partial charge in [-0.1, -0.05) is 0 Å². The van der Waals surface area contributed by atoms with Crippen LogP contribution in [0.5, 0.6) is 0 Å². The van der Waals surface area contributed by atoms with E-state index in [1.807, 2.05) is 0 Å². The molecular weight excluding hydrogens is 340 g/mol. The fourth-order valence-corrected chi connectivity index (χ4v) is 13.0. The van der Waals surface area contributed by atoms with Gasteiger partial charge in [0.25, 0.3) is 0 Å². The van der Waals surface area contributed by atoms with Crippen LogP contribution in [0.3, 0.4) is 0 Å². The molecule has 0 N–H and O–H groups in total. The fourth-order valence-electron chi connectivity index (χ4n) is 2.77. The predicted molar refractivity (Wildman–Crippen MR) is 106 cm³/mol. The Bertz CT molecular complexity index is 294. The largest absolute Gasteiger partial charge is 0.501 e. The number of hydrogen-bond acceptors (Lipinski definition) is 4. The molecule has 4 nitrogen and oxygen atoms in total. The highest BCUT2D eigenvalue weighted by Gasteiger charge is 2.44. The van der Waals surface area contributed by atoms with Crippen LogP contribution in [0.25, 0.3) is 0 Å². The van der Waals surface area contributed by atoms with E-state index >= 15 is 0 Å². The van der Waals surface area contributed by atoms with E-state index in [0.29, 0.717) is 0 Å². The zero-order valence-electron chi connectivity index (χ0n) is 17.1. The molecule has 0 aliphatic rings. The van der Waals surface area contributed by atoms with Gasteiger partial charge in [0.1, 0.15) is 0 Å². The lowest BCUT2D eigenvalue weighted by Gasteiger charge is -2.35. The first-order chi connectivity index (χ1) is 10.4. The highest BCUT2D eigenvalue weighted by molar-refractivity contribution is 6.77. The van der Waals surface area contributed by atoms with Crippen LogP contribution >= 0.6 is 0 Å². The monoisotopic (exact) mass is 380 g/mol. The van der Waals surface area contributed by atoms with Crippen LogP contribution in [-0.4, -0.2) is 44.5 Å². The van der Waals surface area contributed by atoms with Crippen molar-refractivity contribution in [3.63, 3.8) is 0 Å². The Hall–Kier alpha value is 0.491. The van der Waals surface area contributed by atoms with Gasteiger partial charge in [-0.3, -0.25) is 0 Å². The molecule has 23 heavy (non-hydrogen) atoms. The molecule has 7 heteroatoms. The lowest BCUT2D eigenvalue weighted by molar-refractivity contribution is 0.00311. The van der Waals surface area contributed by atoms with Crippen molar-refractivity contribution in [3.05, 3.63) is 0 Å². The Kier molecular flexibility index (Phi) is 10.7. The van der Waals surface area contributed by atoms with Gasteiger partial charge in [-0.05, 0) is 80.2 Å². The summed E-state index contributed by atoms with van der Waals surface area (Å²) in [6, 6.07) is 2.01. The summed E-state index contributed by atoms with van der Waals surface area (Å²) in [5, 5.41) is 0. The van der Waals surface area contributed by atoms with Crippen molar-refractivity contribution in [2.75, 3.05) is 0 Å². The normalized spacial score (nSPS) is 13.8. The van der Waals surface area contributed by atoms with Gasteiger partial charge in [0, 0.05) is 24.4 Å². The third-order valence-corrected chi connectivity index (χ3v) is 12.5. The van der Waals surface area contributed by atoms with Gasteiger partial charge in [-0.15, -0.1) is 0 Å². The first-order valence-electron chi connectivity index (χ1n) is 9.09. The van der Waals surface area contributed by atoms with E-state index in [0.717, 1.165) is 18.5 Å². The molecule has 0 aromatic carbocycles. The summed E-state index contributed by atoms with van der Waals surface area (Å²) in [4.78, 5) is 0. The third-order valence-electron chi connectivity index (χ3n) is 3.06. The lowest BCUT2D eigenvalue weighted by atomic mass is 10.5. The maximum atomic E-state index is 6.27. The van der Waals surface area contributed by atoms with Crippen molar-refractivity contribution in [1.29, 1.82) is 0 Å². The van der Waals surface area contributed by atoms with Crippen molar-refractivity contribution in [2.45, 2.75) is 105 Å². The minimum atomic E-state index is -2.65. The topological polar surface area (TPSA) is 36.9 Å². The molecule has 0 rings (SSSR count). The molecule has 140 valence electrons. The molecule has 0 saturated heterocycles. The van der Waals surface area contributed by atoms with Crippen molar-refractivity contribution >= 4 is 26.2 Å². The number of rotatable bonds is 12. The second-order valence-electron chi connectivity index (χ2n) is 7.96. The highest BCUT2D eigenvalue weighted by Crippen LogP contribution is 2.27. The van der Waals surface area contributed by atoms with Crippen LogP contribution in [0, 0.1) is 0 Å². The van der Waals surface area contributed by atoms with Crippen LogP contribution in [0.1, 0.15) is 48.0 Å². The van der Waals surface area contributed by atoms with E-state index in [9.17, 15) is 0 Å². The Balaban J connectivity index is 4.90. The molecule has 0 aromatic rings. The average molecular weight is 381 g/mol. The van der Waals surface area contributed by atoms with Gasteiger partial charge in [0.05, 0.1) is 0 Å². The standard InChI is InChI=1S/C16H40O4Si3/c1-14(2)17-23(18-15(3)4,19-16(5)6)13-11-12-22(9,10)20-21(7)8/h14-16,21H,11-13H2,1-10H3. The van der Waals surface area contributed by atoms with Crippen LogP contribution in [0.2, 0.25) is 38.3 Å². The molecule has 0 aliphatic carbocycles. The van der Waals surface area contributed by atoms with Crippen LogP contribution in [-0.2, 0) is 17.4 Å². The third kappa shape index (κ3) is 11.6. The van der Waals surface area contributed by atoms with E-state index in [2.05, 4.69) is 67.7 Å². The van der Waals surface area contributed by atoms with Crippen LogP contribution in [0.15, 0.2) is 0 Å². The molecule has 0 atom stereocenters. The molecule has 0 spiro atoms. The minimum absolute atomic E-state index is 0.115. The molecule has 0 aliphatic heterocycles. The smallest absolute Gasteiger partial charge is 0.458 e. The summed E-state index contributed by atoms with van der Waals surface area (Å²) in [6.07, 6.45) is 1.40. The van der Waals surface area contributed by atoms with E-state index < -0.39 is 26.2 Å². The summed E-state index contributed by atoms with van der Waals surface area (Å²) in [7, 11) is -5.19. The van der Waals surface area contributed by atoms with Gasteiger partial charge in [0.15, 0.2) is 17.4 Å². The molecule has 0 fully saturated rings. The van der Waals surface area contributed by atoms with Gasteiger partial charge < -0.3 is 17.4 Å². The van der Waals surface area contributed by atoms with Gasteiger partial charge in [-0.25, -0.2) is 0 Å². The zero-order valence-corrected chi connectivity index (χ0v) is 20.2. The lowest BCUT2D eigenvalue weighted by Crippen LogP contribution is -2.50. The van der Waals surface area contributed by atoms with E-state index in [4.69, 9.17) is 17.4 Å².